The summed E-state index contributed by atoms with van der Waals surface area (Å²) in [5.41, 5.74) is 0. The van der Waals surface area contributed by atoms with Crippen molar-refractivity contribution in [3.63, 3.8) is 0 Å². The molecule has 2 nitrogen and oxygen atoms in total. The molecule has 0 aliphatic carbocycles. The highest BCUT2D eigenvalue weighted by molar-refractivity contribution is 5.06. The second-order valence-corrected chi connectivity index (χ2v) is 2.45. The predicted molar refractivity (Wildman–Crippen MR) is 40.8 cm³/mol. The van der Waals surface area contributed by atoms with Gasteiger partial charge in [-0.05, 0) is 12.8 Å². The normalized spacial score (nSPS) is 13.3. The predicted octanol–water partition coefficient (Wildman–Crippen LogP) is 1.08. The Kier molecular flexibility index (Phi) is 5.51. The molecule has 0 aliphatic rings. The average Bonchev–Trinajstić information content (AvgIpc) is 2.02. The van der Waals surface area contributed by atoms with Crippen LogP contribution in [0.1, 0.15) is 19.3 Å². The maximum Gasteiger partial charge on any atom is 0.425 e. The smallest absolute Gasteiger partial charge is 0.396 e. The number of hydrogen-bond acceptors (Lipinski definition) is 2. The Balaban J connectivity index is 3.70. The van der Waals surface area contributed by atoms with Crippen LogP contribution in [0.2, 0.25) is 0 Å². The summed E-state index contributed by atoms with van der Waals surface area (Å²) in [5, 5.41) is 16.7. The van der Waals surface area contributed by atoms with E-state index in [1.165, 1.54) is 0 Å². The molecule has 76 valence electrons. The third-order valence-electron chi connectivity index (χ3n) is 1.26. The Labute approximate surface area is 74.4 Å². The van der Waals surface area contributed by atoms with E-state index in [1.807, 2.05) is 0 Å². The van der Waals surface area contributed by atoms with Gasteiger partial charge in [0, 0.05) is 13.0 Å². The van der Waals surface area contributed by atoms with Crippen LogP contribution in [0, 0.1) is 11.8 Å². The van der Waals surface area contributed by atoms with E-state index in [0.717, 1.165) is 0 Å². The molecule has 0 aromatic carbocycles. The molecule has 0 heterocycles. The van der Waals surface area contributed by atoms with E-state index in [9.17, 15) is 13.2 Å². The molecule has 0 aliphatic heterocycles. The first-order valence-electron chi connectivity index (χ1n) is 3.82. The number of alkyl halides is 3. The number of aliphatic hydroxyl groups is 2. The van der Waals surface area contributed by atoms with Crippen LogP contribution in [0.3, 0.4) is 0 Å². The Hall–Kier alpha value is -0.730. The summed E-state index contributed by atoms with van der Waals surface area (Å²) in [6.45, 7) is 0.00348. The number of hydrogen-bond donors (Lipinski definition) is 2. The Morgan fingerprint density at radius 1 is 1.23 bits per heavy atom. The van der Waals surface area contributed by atoms with Crippen molar-refractivity contribution < 1.29 is 23.4 Å². The molecule has 0 fully saturated rings. The van der Waals surface area contributed by atoms with Gasteiger partial charge in [0.1, 0.15) is 0 Å². The molecule has 0 unspecified atom stereocenters. The lowest BCUT2D eigenvalue weighted by Crippen LogP contribution is -2.26. The van der Waals surface area contributed by atoms with Crippen molar-refractivity contribution in [2.24, 2.45) is 0 Å². The lowest BCUT2D eigenvalue weighted by Gasteiger charge is -2.06. The largest absolute Gasteiger partial charge is 0.425 e. The summed E-state index contributed by atoms with van der Waals surface area (Å²) in [5.74, 6) is 3.88. The SMILES string of the molecule is OCCCCC#C[C@H](O)C(F)(F)F. The van der Waals surface area contributed by atoms with Crippen LogP contribution in [0.15, 0.2) is 0 Å². The van der Waals surface area contributed by atoms with Crippen molar-refractivity contribution in [1.82, 2.24) is 0 Å². The van der Waals surface area contributed by atoms with E-state index in [2.05, 4.69) is 5.92 Å². The van der Waals surface area contributed by atoms with Crippen LogP contribution in [-0.4, -0.2) is 29.1 Å². The number of unbranched alkanes of at least 4 members (excludes halogenated alkanes) is 2. The van der Waals surface area contributed by atoms with Gasteiger partial charge >= 0.3 is 6.18 Å². The summed E-state index contributed by atoms with van der Waals surface area (Å²) in [6, 6.07) is 0. The van der Waals surface area contributed by atoms with E-state index >= 15 is 0 Å². The summed E-state index contributed by atoms with van der Waals surface area (Å²) in [7, 11) is 0. The minimum Gasteiger partial charge on any atom is -0.396 e. The van der Waals surface area contributed by atoms with Gasteiger partial charge in [-0.15, -0.1) is 5.92 Å². The molecule has 0 saturated heterocycles. The molecule has 0 spiro atoms. The van der Waals surface area contributed by atoms with Gasteiger partial charge in [-0.25, -0.2) is 0 Å². The van der Waals surface area contributed by atoms with Gasteiger partial charge in [0.05, 0.1) is 0 Å². The van der Waals surface area contributed by atoms with Crippen LogP contribution in [-0.2, 0) is 0 Å². The van der Waals surface area contributed by atoms with Gasteiger partial charge in [0.15, 0.2) is 0 Å². The highest BCUT2D eigenvalue weighted by Crippen LogP contribution is 2.19. The standard InChI is InChI=1S/C8H11F3O2/c9-8(10,11)7(13)5-3-1-2-4-6-12/h7,12-13H,1-2,4,6H2/t7-/m0/s1. The number of rotatable bonds is 3. The van der Waals surface area contributed by atoms with Crippen molar-refractivity contribution in [3.8, 4) is 11.8 Å². The molecule has 13 heavy (non-hydrogen) atoms. The molecule has 0 rings (SSSR count). The fourth-order valence-corrected chi connectivity index (χ4v) is 0.576. The highest BCUT2D eigenvalue weighted by atomic mass is 19.4. The molecule has 0 radical (unpaired) electrons. The topological polar surface area (TPSA) is 40.5 Å². The van der Waals surface area contributed by atoms with Crippen molar-refractivity contribution >= 4 is 0 Å². The number of aliphatic hydroxyl groups excluding tert-OH is 2. The van der Waals surface area contributed by atoms with Crippen LogP contribution in [0.4, 0.5) is 13.2 Å². The highest BCUT2D eigenvalue weighted by Gasteiger charge is 2.36. The van der Waals surface area contributed by atoms with Gasteiger partial charge in [-0.1, -0.05) is 5.92 Å². The Morgan fingerprint density at radius 3 is 2.31 bits per heavy atom. The van der Waals surface area contributed by atoms with Crippen molar-refractivity contribution in [1.29, 1.82) is 0 Å². The molecule has 2 N–H and O–H groups in total. The minimum absolute atomic E-state index is 0.00348. The van der Waals surface area contributed by atoms with Gasteiger partial charge in [0.25, 0.3) is 0 Å². The first-order valence-corrected chi connectivity index (χ1v) is 3.82. The molecule has 0 bridgehead atoms. The molecule has 5 heteroatoms. The summed E-state index contributed by atoms with van der Waals surface area (Å²) >= 11 is 0. The molecule has 0 saturated carbocycles. The summed E-state index contributed by atoms with van der Waals surface area (Å²) in [6.07, 6.45) is -5.91. The first-order chi connectivity index (χ1) is 5.98. The van der Waals surface area contributed by atoms with Crippen LogP contribution in [0.5, 0.6) is 0 Å². The van der Waals surface area contributed by atoms with E-state index in [1.54, 1.807) is 5.92 Å². The first kappa shape index (κ1) is 12.3. The second kappa shape index (κ2) is 5.84. The zero-order chi connectivity index (χ0) is 10.3. The lowest BCUT2D eigenvalue weighted by molar-refractivity contribution is -0.184. The van der Waals surface area contributed by atoms with Gasteiger partial charge in [-0.2, -0.15) is 13.2 Å². The Bertz CT molecular complexity index is 190. The molecule has 0 aromatic heterocycles. The van der Waals surface area contributed by atoms with Gasteiger partial charge in [-0.3, -0.25) is 0 Å². The molecule has 1 atom stereocenters. The second-order valence-electron chi connectivity index (χ2n) is 2.45. The minimum atomic E-state index is -4.66. The lowest BCUT2D eigenvalue weighted by atomic mass is 10.2. The third-order valence-corrected chi connectivity index (χ3v) is 1.26. The van der Waals surface area contributed by atoms with E-state index in [-0.39, 0.29) is 13.0 Å². The fourth-order valence-electron chi connectivity index (χ4n) is 0.576. The zero-order valence-electron chi connectivity index (χ0n) is 6.93. The van der Waals surface area contributed by atoms with Crippen LogP contribution >= 0.6 is 0 Å². The fraction of sp³-hybridized carbons (Fsp3) is 0.750. The average molecular weight is 196 g/mol. The maximum absolute atomic E-state index is 11.6. The van der Waals surface area contributed by atoms with Crippen LogP contribution < -0.4 is 0 Å². The quantitative estimate of drug-likeness (QED) is 0.523. The van der Waals surface area contributed by atoms with E-state index in [0.29, 0.717) is 12.8 Å². The maximum atomic E-state index is 11.6. The van der Waals surface area contributed by atoms with Crippen molar-refractivity contribution in [2.45, 2.75) is 31.5 Å². The van der Waals surface area contributed by atoms with E-state index in [4.69, 9.17) is 10.2 Å². The molecular weight excluding hydrogens is 185 g/mol. The zero-order valence-corrected chi connectivity index (χ0v) is 6.93. The Morgan fingerprint density at radius 2 is 1.85 bits per heavy atom. The monoisotopic (exact) mass is 196 g/mol. The molecule has 0 aromatic rings. The molecular formula is C8H11F3O2. The summed E-state index contributed by atoms with van der Waals surface area (Å²) < 4.78 is 34.9. The number of halogens is 3. The van der Waals surface area contributed by atoms with Crippen molar-refractivity contribution in [3.05, 3.63) is 0 Å². The molecule has 0 amide bonds. The van der Waals surface area contributed by atoms with Crippen LogP contribution in [0.25, 0.3) is 0 Å². The third kappa shape index (κ3) is 6.43. The van der Waals surface area contributed by atoms with Crippen molar-refractivity contribution in [2.75, 3.05) is 6.61 Å². The van der Waals surface area contributed by atoms with Gasteiger partial charge < -0.3 is 10.2 Å². The van der Waals surface area contributed by atoms with Gasteiger partial charge in [0.2, 0.25) is 6.10 Å². The summed E-state index contributed by atoms with van der Waals surface area (Å²) in [4.78, 5) is 0. The van der Waals surface area contributed by atoms with E-state index < -0.39 is 12.3 Å².